The summed E-state index contributed by atoms with van der Waals surface area (Å²) in [6.07, 6.45) is 0. The van der Waals surface area contributed by atoms with Gasteiger partial charge in [-0.2, -0.15) is 0 Å². The number of hydrogen-bond acceptors (Lipinski definition) is 4. The van der Waals surface area contributed by atoms with Crippen LogP contribution in [0.2, 0.25) is 0 Å². The maximum Gasteiger partial charge on any atom is 0.127 e. The first-order chi connectivity index (χ1) is 54.2. The molecule has 4 nitrogen and oxygen atoms in total. The van der Waals surface area contributed by atoms with Gasteiger partial charge in [0.1, 0.15) is 5.82 Å². The SMILES string of the molecule is Cc1cc(N(c2ccc(Br)cc2)c2ccc(Br)cc2)ccc1-c1cc(F)c2c(c1)C(C)(C)C(C)(C)C2(C)C.Cc1cc(N(c2ccc(Br)cc2)c2ccc(Br)cc2)ccc1-c1cc2c3c(c1)C(C)(C)C(C)(C)C3(C)C(C)(C)C2(C)C.Cc1cc(N(c2ccc(Br)cc2)c2ccc(Br)cc2)ccc1-c1ccc2c(c1)C(C)(C)N(C)C2(C)C. The van der Waals surface area contributed by atoms with Crippen LogP contribution in [0.3, 0.4) is 0 Å². The number of rotatable bonds is 12. The molecule has 116 heavy (non-hydrogen) atoms. The van der Waals surface area contributed by atoms with Crippen molar-refractivity contribution in [1.29, 1.82) is 0 Å². The Kier molecular flexibility index (Phi) is 22.4. The van der Waals surface area contributed by atoms with Crippen LogP contribution in [0, 0.1) is 42.8 Å². The molecule has 0 N–H and O–H groups in total. The van der Waals surface area contributed by atoms with Gasteiger partial charge in [0.2, 0.25) is 0 Å². The number of hydrogen-bond donors (Lipinski definition) is 0. The summed E-state index contributed by atoms with van der Waals surface area (Å²) in [5.74, 6) is -0.101. The Hall–Kier alpha value is -7.19. The molecule has 0 amide bonds. The van der Waals surface area contributed by atoms with Crippen LogP contribution in [-0.4, -0.2) is 11.9 Å². The molecule has 4 aliphatic rings. The predicted octanol–water partition coefficient (Wildman–Crippen LogP) is 34.0. The summed E-state index contributed by atoms with van der Waals surface area (Å²) in [4.78, 5) is 9.37. The Bertz CT molecular complexity index is 5590. The van der Waals surface area contributed by atoms with Crippen molar-refractivity contribution in [3.05, 3.63) is 331 Å². The van der Waals surface area contributed by atoms with E-state index in [2.05, 4.69) is 511 Å². The van der Waals surface area contributed by atoms with E-state index in [1.807, 2.05) is 0 Å². The summed E-state index contributed by atoms with van der Waals surface area (Å²) in [5, 5.41) is 0. The summed E-state index contributed by atoms with van der Waals surface area (Å²) in [6.45, 7) is 51.8. The Morgan fingerprint density at radius 2 is 0.500 bits per heavy atom. The van der Waals surface area contributed by atoms with E-state index in [-0.39, 0.29) is 60.2 Å². The molecule has 0 radical (unpaired) electrons. The number of nitrogens with zero attached hydrogens (tertiary/aromatic N) is 4. The number of benzene rings is 12. The predicted molar refractivity (Wildman–Crippen MR) is 515 cm³/mol. The first-order valence-electron chi connectivity index (χ1n) is 40.4. The molecule has 3 aliphatic carbocycles. The first-order valence-corrected chi connectivity index (χ1v) is 45.2. The standard InChI is InChI=1S/C39H43Br2N.C34H34Br2FN.C32H32Br2N2/c1-24-21-30(42(28-15-11-26(40)12-16-28)29-17-13-27(41)14-18-29)19-20-31(24)25-22-32-34-33(23-25)36(4,5)38(8,9)39(34,10)37(6,7)35(32,2)3;1-21-18-27(38(25-12-8-23(35)9-13-25)26-14-10-24(36)11-15-26)16-17-28(21)22-19-29-31(30(37)20-22)33(4,5)34(6,7)32(29,2)3;1-21-19-27(36(25-12-8-23(33)9-13-25)26-14-10-24(34)11-15-26)16-17-28(21)22-7-18-29-30(20-22)32(4,5)35(6)31(29,2)3/h11-23H,1-10H3;8-20H,1-7H3;7-20H,1-6H3. The maximum atomic E-state index is 15.9. The Balaban J connectivity index is 0.000000144. The third-order valence-corrected chi connectivity index (χ3v) is 33.2. The van der Waals surface area contributed by atoms with Crippen molar-refractivity contribution in [1.82, 2.24) is 4.90 Å². The molecule has 16 rings (SSSR count). The van der Waals surface area contributed by atoms with E-state index < -0.39 is 0 Å². The van der Waals surface area contributed by atoms with E-state index >= 15 is 4.39 Å². The summed E-state index contributed by atoms with van der Waals surface area (Å²) in [5.41, 5.74) is 30.3. The molecule has 0 spiro atoms. The summed E-state index contributed by atoms with van der Waals surface area (Å²) in [7, 11) is 2.23. The van der Waals surface area contributed by atoms with Gasteiger partial charge in [-0.05, 0) is 377 Å². The molecule has 1 heterocycles. The highest BCUT2D eigenvalue weighted by atomic mass is 79.9. The number of anilines is 9. The fourth-order valence-corrected chi connectivity index (χ4v) is 21.6. The zero-order valence-electron chi connectivity index (χ0n) is 71.5. The van der Waals surface area contributed by atoms with E-state index in [0.717, 1.165) is 106 Å². The molecule has 0 fully saturated rings. The minimum Gasteiger partial charge on any atom is -0.310 e. The molecule has 12 aromatic rings. The van der Waals surface area contributed by atoms with Crippen molar-refractivity contribution in [3.63, 3.8) is 0 Å². The Morgan fingerprint density at radius 1 is 0.250 bits per heavy atom. The highest BCUT2D eigenvalue weighted by molar-refractivity contribution is 9.11. The molecule has 0 saturated carbocycles. The molecule has 0 atom stereocenters. The molecular weight excluding hydrogens is 1820 g/mol. The summed E-state index contributed by atoms with van der Waals surface area (Å²) < 4.78 is 22.2. The largest absolute Gasteiger partial charge is 0.310 e. The second-order valence-corrected chi connectivity index (χ2v) is 43.1. The topological polar surface area (TPSA) is 13.0 Å². The normalized spacial score (nSPS) is 17.7. The first kappa shape index (κ1) is 85.2. The van der Waals surface area contributed by atoms with Gasteiger partial charge in [0.25, 0.3) is 0 Å². The van der Waals surface area contributed by atoms with Gasteiger partial charge in [-0.3, -0.25) is 4.90 Å². The lowest BCUT2D eigenvalue weighted by Crippen LogP contribution is -2.55. The molecular formula is C105H109Br6FN4. The molecule has 1 aliphatic heterocycles. The molecule has 11 heteroatoms. The van der Waals surface area contributed by atoms with Gasteiger partial charge in [0, 0.05) is 94.5 Å². The van der Waals surface area contributed by atoms with Gasteiger partial charge in [-0.1, -0.05) is 248 Å². The molecule has 0 aromatic heterocycles. The minimum atomic E-state index is -0.261. The molecule has 0 bridgehead atoms. The van der Waals surface area contributed by atoms with Crippen LogP contribution in [0.25, 0.3) is 33.4 Å². The van der Waals surface area contributed by atoms with Crippen molar-refractivity contribution >= 4 is 147 Å². The van der Waals surface area contributed by atoms with Crippen molar-refractivity contribution in [2.24, 2.45) is 16.2 Å². The highest BCUT2D eigenvalue weighted by Gasteiger charge is 2.72. The van der Waals surface area contributed by atoms with Gasteiger partial charge >= 0.3 is 0 Å². The van der Waals surface area contributed by atoms with Crippen molar-refractivity contribution < 1.29 is 4.39 Å². The van der Waals surface area contributed by atoms with Crippen molar-refractivity contribution in [2.45, 2.75) is 190 Å². The van der Waals surface area contributed by atoms with E-state index in [1.165, 1.54) is 55.6 Å². The van der Waals surface area contributed by atoms with Crippen LogP contribution in [0.5, 0.6) is 0 Å². The molecule has 12 aromatic carbocycles. The smallest absolute Gasteiger partial charge is 0.127 e. The Labute approximate surface area is 742 Å². The van der Waals surface area contributed by atoms with Crippen LogP contribution >= 0.6 is 95.6 Å². The molecule has 598 valence electrons. The fraction of sp³-hybridized carbons (Fsp3) is 0.314. The van der Waals surface area contributed by atoms with E-state index in [1.54, 1.807) is 11.6 Å². The monoisotopic (exact) mass is 1920 g/mol. The number of fused-ring (bicyclic) bond motifs is 2. The Morgan fingerprint density at radius 3 is 0.802 bits per heavy atom. The lowest BCUT2D eigenvalue weighted by molar-refractivity contribution is -0.0105. The lowest BCUT2D eigenvalue weighted by atomic mass is 9.47. The average molecular weight is 1930 g/mol. The molecule has 0 unspecified atom stereocenters. The van der Waals surface area contributed by atoms with Gasteiger partial charge in [-0.25, -0.2) is 4.39 Å². The maximum absolute atomic E-state index is 15.9. The van der Waals surface area contributed by atoms with Crippen molar-refractivity contribution in [2.75, 3.05) is 21.7 Å². The van der Waals surface area contributed by atoms with Gasteiger partial charge in [0.15, 0.2) is 0 Å². The third-order valence-electron chi connectivity index (χ3n) is 30.0. The highest BCUT2D eigenvalue weighted by Crippen LogP contribution is 2.76. The van der Waals surface area contributed by atoms with Crippen molar-refractivity contribution in [3.8, 4) is 33.4 Å². The summed E-state index contributed by atoms with van der Waals surface area (Å²) >= 11 is 21.5. The van der Waals surface area contributed by atoms with Crippen LogP contribution in [0.4, 0.5) is 55.6 Å². The third kappa shape index (κ3) is 13.9. The second kappa shape index (κ2) is 30.5. The lowest BCUT2D eigenvalue weighted by Gasteiger charge is -2.56. The van der Waals surface area contributed by atoms with Crippen LogP contribution < -0.4 is 14.7 Å². The van der Waals surface area contributed by atoms with Gasteiger partial charge in [0.05, 0.1) is 0 Å². The fourth-order valence-electron chi connectivity index (χ4n) is 20.0. The van der Waals surface area contributed by atoms with E-state index in [4.69, 9.17) is 0 Å². The summed E-state index contributed by atoms with van der Waals surface area (Å²) in [6, 6.07) is 87.0. The van der Waals surface area contributed by atoms with Crippen LogP contribution in [0.1, 0.15) is 187 Å². The van der Waals surface area contributed by atoms with E-state index in [9.17, 15) is 0 Å². The zero-order valence-corrected chi connectivity index (χ0v) is 81.0. The number of halogens is 7. The quantitative estimate of drug-likeness (QED) is 0.121. The van der Waals surface area contributed by atoms with Crippen LogP contribution in [0.15, 0.2) is 269 Å². The van der Waals surface area contributed by atoms with Crippen LogP contribution in [-0.2, 0) is 38.2 Å². The average Bonchev–Trinajstić information content (AvgIpc) is 1.47. The second-order valence-electron chi connectivity index (χ2n) is 37.6. The van der Waals surface area contributed by atoms with E-state index in [0.29, 0.717) is 0 Å². The minimum absolute atomic E-state index is 0.0113. The van der Waals surface area contributed by atoms with Gasteiger partial charge < -0.3 is 14.7 Å². The molecule has 0 saturated heterocycles. The zero-order chi connectivity index (χ0) is 84.1. The number of aryl methyl sites for hydroxylation is 3. The van der Waals surface area contributed by atoms with Gasteiger partial charge in [-0.15, -0.1) is 0 Å².